The fourth-order valence-corrected chi connectivity index (χ4v) is 8.94. The molecule has 0 aliphatic carbocycles. The summed E-state index contributed by atoms with van der Waals surface area (Å²) >= 11 is 1.71. The largest absolute Gasteiger partial charge is 0.508 e. The second kappa shape index (κ2) is 8.14. The van der Waals surface area contributed by atoms with Crippen LogP contribution in [0.4, 0.5) is 5.95 Å². The molecule has 1 aliphatic rings. The normalized spacial score (nSPS) is 17.3. The van der Waals surface area contributed by atoms with Gasteiger partial charge in [-0.3, -0.25) is 0 Å². The zero-order valence-electron chi connectivity index (χ0n) is 16.0. The number of H-pyrrole nitrogens is 1. The molecule has 0 amide bonds. The highest BCUT2D eigenvalue weighted by Crippen LogP contribution is 2.63. The fourth-order valence-electron chi connectivity index (χ4n) is 3.87. The van der Waals surface area contributed by atoms with E-state index < -0.39 is 7.14 Å². The van der Waals surface area contributed by atoms with Crippen molar-refractivity contribution in [3.63, 3.8) is 0 Å². The lowest BCUT2D eigenvalue weighted by molar-refractivity contribution is 0.475. The molecule has 1 unspecified atom stereocenters. The van der Waals surface area contributed by atoms with Crippen molar-refractivity contribution in [1.82, 2.24) is 9.97 Å². The van der Waals surface area contributed by atoms with E-state index in [9.17, 15) is 9.67 Å². The van der Waals surface area contributed by atoms with Gasteiger partial charge < -0.3 is 20.0 Å². The third-order valence-electron chi connectivity index (χ3n) is 5.42. The van der Waals surface area contributed by atoms with Gasteiger partial charge in [0, 0.05) is 34.8 Å². The summed E-state index contributed by atoms with van der Waals surface area (Å²) in [5.41, 5.74) is 2.02. The van der Waals surface area contributed by atoms with Crippen LogP contribution in [-0.4, -0.2) is 33.9 Å². The van der Waals surface area contributed by atoms with Crippen LogP contribution in [0, 0.1) is 6.92 Å². The van der Waals surface area contributed by atoms with E-state index in [-0.39, 0.29) is 11.4 Å². The van der Waals surface area contributed by atoms with Gasteiger partial charge in [0.15, 0.2) is 5.95 Å². The van der Waals surface area contributed by atoms with Gasteiger partial charge in [0.2, 0.25) is 0 Å². The van der Waals surface area contributed by atoms with E-state index in [0.717, 1.165) is 47.2 Å². The lowest BCUT2D eigenvalue weighted by Crippen LogP contribution is -2.18. The maximum atomic E-state index is 13.9. The average molecular weight is 415 g/mol. The number of rotatable bonds is 6. The van der Waals surface area contributed by atoms with Crippen LogP contribution >= 0.6 is 18.5 Å². The molecule has 5 nitrogen and oxygen atoms in total. The van der Waals surface area contributed by atoms with E-state index in [2.05, 4.69) is 27.4 Å². The molecule has 28 heavy (non-hydrogen) atoms. The summed E-state index contributed by atoms with van der Waals surface area (Å²) in [6.07, 6.45) is 6.85. The average Bonchev–Trinajstić information content (AvgIpc) is 3.32. The van der Waals surface area contributed by atoms with Crippen molar-refractivity contribution in [2.45, 2.75) is 31.8 Å². The summed E-state index contributed by atoms with van der Waals surface area (Å²) in [6, 6.07) is 11.5. The molecule has 3 aromatic rings. The van der Waals surface area contributed by atoms with E-state index in [0.29, 0.717) is 6.54 Å². The quantitative estimate of drug-likeness (QED) is 0.441. The van der Waals surface area contributed by atoms with Gasteiger partial charge in [-0.25, -0.2) is 4.98 Å². The van der Waals surface area contributed by atoms with Gasteiger partial charge in [-0.2, -0.15) is 0 Å². The molecule has 3 heterocycles. The molecule has 1 fully saturated rings. The standard InChI is InChI=1S/C21H26N3O2PS/c1-15-13-22-21(24-15)23-14-18(27(26)11-3-2-4-12-27)20-10-9-19(28-20)16-5-7-17(25)8-6-16/h5-10,13,18,25H,2-4,11-12,14H2,1H3,(H2,22,23,24). The number of hydrogen-bond acceptors (Lipinski definition) is 5. The first-order valence-corrected chi connectivity index (χ1v) is 12.7. The third-order valence-corrected chi connectivity index (χ3v) is 10.6. The van der Waals surface area contributed by atoms with E-state index >= 15 is 0 Å². The third kappa shape index (κ3) is 4.18. The number of hydrogen-bond donors (Lipinski definition) is 3. The second-order valence-corrected chi connectivity index (χ2v) is 12.0. The van der Waals surface area contributed by atoms with Crippen LogP contribution in [0.5, 0.6) is 5.75 Å². The maximum Gasteiger partial charge on any atom is 0.200 e. The molecule has 0 radical (unpaired) electrons. The molecule has 4 rings (SSSR count). The Kier molecular flexibility index (Phi) is 5.61. The summed E-state index contributed by atoms with van der Waals surface area (Å²) < 4.78 is 13.9. The van der Waals surface area contributed by atoms with E-state index in [1.54, 1.807) is 23.5 Å². The number of thiophene rings is 1. The molecule has 1 atom stereocenters. The Morgan fingerprint density at radius 3 is 2.61 bits per heavy atom. The lowest BCUT2D eigenvalue weighted by Gasteiger charge is -2.30. The number of imidazole rings is 1. The van der Waals surface area contributed by atoms with Crippen molar-refractivity contribution in [2.75, 3.05) is 24.2 Å². The van der Waals surface area contributed by atoms with Crippen LogP contribution in [0.15, 0.2) is 42.6 Å². The van der Waals surface area contributed by atoms with Gasteiger partial charge >= 0.3 is 0 Å². The highest BCUT2D eigenvalue weighted by Gasteiger charge is 2.36. The number of nitrogens with one attached hydrogen (secondary N) is 2. The molecule has 0 spiro atoms. The lowest BCUT2D eigenvalue weighted by atomic mass is 10.2. The van der Waals surface area contributed by atoms with E-state index in [1.165, 1.54) is 11.3 Å². The number of aromatic amines is 1. The molecule has 7 heteroatoms. The predicted molar refractivity (Wildman–Crippen MR) is 117 cm³/mol. The molecule has 148 valence electrons. The van der Waals surface area contributed by atoms with Crippen LogP contribution in [0.25, 0.3) is 10.4 Å². The minimum atomic E-state index is -2.30. The number of aromatic hydroxyl groups is 1. The number of phenolic OH excluding ortho intramolecular Hbond substituents is 1. The van der Waals surface area contributed by atoms with Gasteiger partial charge in [-0.05, 0) is 61.7 Å². The maximum absolute atomic E-state index is 13.9. The molecule has 3 N–H and O–H groups in total. The Hall–Kier alpha value is -2.04. The van der Waals surface area contributed by atoms with Crippen molar-refractivity contribution < 1.29 is 9.67 Å². The molecule has 2 aromatic heterocycles. The predicted octanol–water partition coefficient (Wildman–Crippen LogP) is 5.85. The number of nitrogens with zero attached hydrogens (tertiary/aromatic N) is 1. The van der Waals surface area contributed by atoms with Crippen LogP contribution < -0.4 is 5.32 Å². The zero-order chi connectivity index (χ0) is 19.6. The molecule has 0 bridgehead atoms. The van der Waals surface area contributed by atoms with Crippen molar-refractivity contribution in [2.24, 2.45) is 0 Å². The van der Waals surface area contributed by atoms with Gasteiger partial charge in [0.05, 0.1) is 18.5 Å². The second-order valence-electron chi connectivity index (χ2n) is 7.50. The SMILES string of the molecule is Cc1c[nH]c(NCC(c2ccc(-c3ccc(O)cc3)s2)P2(=O)CCCCC2)n1. The zero-order valence-corrected chi connectivity index (χ0v) is 17.7. The van der Waals surface area contributed by atoms with Crippen molar-refractivity contribution in [1.29, 1.82) is 0 Å². The Morgan fingerprint density at radius 2 is 1.93 bits per heavy atom. The first-order valence-electron chi connectivity index (χ1n) is 9.76. The van der Waals surface area contributed by atoms with Gasteiger partial charge in [0.1, 0.15) is 5.75 Å². The van der Waals surface area contributed by atoms with Crippen LogP contribution in [0.2, 0.25) is 0 Å². The molecule has 1 saturated heterocycles. The van der Waals surface area contributed by atoms with E-state index in [1.807, 2.05) is 25.3 Å². The first kappa shape index (κ1) is 19.3. The van der Waals surface area contributed by atoms with Crippen molar-refractivity contribution in [3.8, 4) is 16.2 Å². The number of aryl methyl sites for hydroxylation is 1. The molecular weight excluding hydrogens is 389 g/mol. The van der Waals surface area contributed by atoms with Crippen molar-refractivity contribution in [3.05, 3.63) is 53.2 Å². The smallest absolute Gasteiger partial charge is 0.200 e. The summed E-state index contributed by atoms with van der Waals surface area (Å²) in [6.45, 7) is 2.57. The number of phenols is 1. The Morgan fingerprint density at radius 1 is 1.18 bits per heavy atom. The minimum absolute atomic E-state index is 0.00840. The summed E-state index contributed by atoms with van der Waals surface area (Å²) in [4.78, 5) is 9.87. The first-order chi connectivity index (χ1) is 13.5. The van der Waals surface area contributed by atoms with Gasteiger partial charge in [0.25, 0.3) is 0 Å². The fraction of sp³-hybridized carbons (Fsp3) is 0.381. The summed E-state index contributed by atoms with van der Waals surface area (Å²) in [5, 5.41) is 12.9. The Bertz CT molecular complexity index is 970. The van der Waals surface area contributed by atoms with E-state index in [4.69, 9.17) is 0 Å². The van der Waals surface area contributed by atoms with Crippen LogP contribution in [0.3, 0.4) is 0 Å². The van der Waals surface area contributed by atoms with Crippen LogP contribution in [0.1, 0.15) is 35.5 Å². The summed E-state index contributed by atoms with van der Waals surface area (Å²) in [5.74, 6) is 1.00. The van der Waals surface area contributed by atoms with Crippen LogP contribution in [-0.2, 0) is 4.57 Å². The Balaban J connectivity index is 1.61. The highest BCUT2D eigenvalue weighted by atomic mass is 32.1. The molecule has 1 aliphatic heterocycles. The number of aromatic nitrogens is 2. The van der Waals surface area contributed by atoms with Crippen molar-refractivity contribution >= 4 is 24.4 Å². The molecular formula is C21H26N3O2PS. The monoisotopic (exact) mass is 415 g/mol. The van der Waals surface area contributed by atoms with Gasteiger partial charge in [-0.15, -0.1) is 11.3 Å². The number of anilines is 1. The Labute approximate surface area is 169 Å². The number of benzene rings is 1. The molecule has 1 aromatic carbocycles. The topological polar surface area (TPSA) is 78.0 Å². The van der Waals surface area contributed by atoms with Gasteiger partial charge in [-0.1, -0.05) is 6.42 Å². The minimum Gasteiger partial charge on any atom is -0.508 e. The highest BCUT2D eigenvalue weighted by molar-refractivity contribution is 7.64. The summed E-state index contributed by atoms with van der Waals surface area (Å²) in [7, 11) is -2.30. The molecule has 0 saturated carbocycles.